The minimum Gasteiger partial charge on any atom is -0.493 e. The largest absolute Gasteiger partial charge is 0.493 e. The summed E-state index contributed by atoms with van der Waals surface area (Å²) in [6.07, 6.45) is 2.52. The van der Waals surface area contributed by atoms with Crippen LogP contribution in [0.2, 0.25) is 0 Å². The molecule has 0 fully saturated rings. The van der Waals surface area contributed by atoms with E-state index in [9.17, 15) is 0 Å². The molecule has 5 nitrogen and oxygen atoms in total. The molecule has 0 spiro atoms. The number of benzene rings is 1. The monoisotopic (exact) mass is 297 g/mol. The summed E-state index contributed by atoms with van der Waals surface area (Å²) in [4.78, 5) is 6.26. The van der Waals surface area contributed by atoms with Gasteiger partial charge >= 0.3 is 0 Å². The zero-order chi connectivity index (χ0) is 15.9. The molecule has 2 rings (SSSR count). The van der Waals surface area contributed by atoms with Crippen LogP contribution in [0, 0.1) is 11.3 Å². The second-order valence-electron chi connectivity index (χ2n) is 4.85. The second-order valence-corrected chi connectivity index (χ2v) is 4.85. The molecule has 0 saturated carbocycles. The summed E-state index contributed by atoms with van der Waals surface area (Å²) in [5.74, 6) is 2.14. The Morgan fingerprint density at radius 2 is 1.95 bits per heavy atom. The van der Waals surface area contributed by atoms with Crippen LogP contribution in [0.5, 0.6) is 11.5 Å². The van der Waals surface area contributed by atoms with Crippen molar-refractivity contribution in [3.05, 3.63) is 47.7 Å². The Hall–Kier alpha value is -2.74. The second kappa shape index (κ2) is 7.32. The number of hydrogen-bond acceptors (Lipinski definition) is 5. The average Bonchev–Trinajstić information content (AvgIpc) is 2.59. The van der Waals surface area contributed by atoms with Gasteiger partial charge in [-0.05, 0) is 36.2 Å². The number of methoxy groups -OCH3 is 2. The number of ether oxygens (including phenoxy) is 2. The van der Waals surface area contributed by atoms with Gasteiger partial charge in [0.2, 0.25) is 0 Å². The number of nitriles is 1. The molecule has 0 radical (unpaired) electrons. The highest BCUT2D eigenvalue weighted by atomic mass is 16.5. The molecule has 0 aliphatic rings. The van der Waals surface area contributed by atoms with Crippen molar-refractivity contribution in [2.75, 3.05) is 32.7 Å². The summed E-state index contributed by atoms with van der Waals surface area (Å²) < 4.78 is 10.5. The lowest BCUT2D eigenvalue weighted by Gasteiger charge is -2.19. The Morgan fingerprint density at radius 3 is 2.64 bits per heavy atom. The molecule has 2 aromatic rings. The lowest BCUT2D eigenvalue weighted by atomic mass is 10.1. The molecule has 22 heavy (non-hydrogen) atoms. The van der Waals surface area contributed by atoms with Gasteiger partial charge in [0.25, 0.3) is 0 Å². The van der Waals surface area contributed by atoms with E-state index in [0.29, 0.717) is 11.4 Å². The zero-order valence-corrected chi connectivity index (χ0v) is 13.0. The first-order valence-corrected chi connectivity index (χ1v) is 6.96. The van der Waals surface area contributed by atoms with E-state index in [1.165, 1.54) is 0 Å². The van der Waals surface area contributed by atoms with E-state index < -0.39 is 0 Å². The first-order chi connectivity index (χ1) is 10.7. The Labute approximate surface area is 130 Å². The number of rotatable bonds is 6. The third-order valence-electron chi connectivity index (χ3n) is 3.45. The molecule has 0 saturated heterocycles. The van der Waals surface area contributed by atoms with E-state index in [1.807, 2.05) is 30.1 Å². The van der Waals surface area contributed by atoms with E-state index in [-0.39, 0.29) is 0 Å². The highest BCUT2D eigenvalue weighted by Gasteiger charge is 2.09. The summed E-state index contributed by atoms with van der Waals surface area (Å²) >= 11 is 0. The number of pyridine rings is 1. The van der Waals surface area contributed by atoms with Crippen molar-refractivity contribution in [3.8, 4) is 17.6 Å². The Kier molecular flexibility index (Phi) is 5.21. The van der Waals surface area contributed by atoms with Gasteiger partial charge in [-0.15, -0.1) is 0 Å². The summed E-state index contributed by atoms with van der Waals surface area (Å²) in [6, 6.07) is 11.6. The fraction of sp³-hybridized carbons (Fsp3) is 0.294. The Balaban J connectivity index is 2.08. The summed E-state index contributed by atoms with van der Waals surface area (Å²) in [7, 11) is 5.18. The summed E-state index contributed by atoms with van der Waals surface area (Å²) in [6.45, 7) is 0.751. The van der Waals surface area contributed by atoms with Gasteiger partial charge in [0, 0.05) is 19.8 Å². The smallest absolute Gasteiger partial charge is 0.160 e. The number of likely N-dealkylation sites (N-methyl/N-ethyl adjacent to an activating group) is 1. The molecule has 0 aliphatic heterocycles. The van der Waals surface area contributed by atoms with Gasteiger partial charge < -0.3 is 14.4 Å². The standard InChI is InChI=1S/C17H19N3O2/c1-20(17-14(12-18)5-4-9-19-17)10-8-13-6-7-15(21-2)16(11-13)22-3/h4-7,9,11H,8,10H2,1-3H3. The van der Waals surface area contributed by atoms with Crippen LogP contribution in [-0.4, -0.2) is 32.8 Å². The fourth-order valence-corrected chi connectivity index (χ4v) is 2.23. The molecule has 114 valence electrons. The van der Waals surface area contributed by atoms with Crippen molar-refractivity contribution < 1.29 is 9.47 Å². The van der Waals surface area contributed by atoms with Crippen molar-refractivity contribution >= 4 is 5.82 Å². The maximum Gasteiger partial charge on any atom is 0.160 e. The summed E-state index contributed by atoms with van der Waals surface area (Å²) in [5.41, 5.74) is 1.72. The highest BCUT2D eigenvalue weighted by Crippen LogP contribution is 2.27. The molecule has 1 aromatic heterocycles. The number of anilines is 1. The van der Waals surface area contributed by atoms with E-state index in [4.69, 9.17) is 14.7 Å². The zero-order valence-electron chi connectivity index (χ0n) is 13.0. The molecule has 0 bridgehead atoms. The molecule has 0 amide bonds. The van der Waals surface area contributed by atoms with Crippen LogP contribution in [0.15, 0.2) is 36.5 Å². The van der Waals surface area contributed by atoms with Crippen molar-refractivity contribution in [3.63, 3.8) is 0 Å². The van der Waals surface area contributed by atoms with Gasteiger partial charge in [0.1, 0.15) is 11.9 Å². The Morgan fingerprint density at radius 1 is 1.18 bits per heavy atom. The van der Waals surface area contributed by atoms with Crippen molar-refractivity contribution in [1.82, 2.24) is 4.98 Å². The van der Waals surface area contributed by atoms with Crippen LogP contribution in [0.4, 0.5) is 5.82 Å². The highest BCUT2D eigenvalue weighted by molar-refractivity contribution is 5.53. The van der Waals surface area contributed by atoms with Crippen molar-refractivity contribution in [2.45, 2.75) is 6.42 Å². The van der Waals surface area contributed by atoms with Crippen LogP contribution < -0.4 is 14.4 Å². The van der Waals surface area contributed by atoms with Crippen molar-refractivity contribution in [2.24, 2.45) is 0 Å². The third kappa shape index (κ3) is 3.47. The van der Waals surface area contributed by atoms with E-state index in [1.54, 1.807) is 32.5 Å². The normalized spacial score (nSPS) is 9.91. The molecular formula is C17H19N3O2. The van der Waals surface area contributed by atoms with Crippen LogP contribution in [0.25, 0.3) is 0 Å². The van der Waals surface area contributed by atoms with E-state index >= 15 is 0 Å². The number of aromatic nitrogens is 1. The van der Waals surface area contributed by atoms with Gasteiger partial charge in [-0.2, -0.15) is 5.26 Å². The maximum absolute atomic E-state index is 9.13. The van der Waals surface area contributed by atoms with E-state index in [0.717, 1.165) is 30.0 Å². The predicted molar refractivity (Wildman–Crippen MR) is 85.5 cm³/mol. The fourth-order valence-electron chi connectivity index (χ4n) is 2.23. The maximum atomic E-state index is 9.13. The SMILES string of the molecule is COc1ccc(CCN(C)c2ncccc2C#N)cc1OC. The van der Waals surface area contributed by atoms with Gasteiger partial charge in [-0.1, -0.05) is 6.07 Å². The Bertz CT molecular complexity index is 680. The predicted octanol–water partition coefficient (Wildman–Crippen LogP) is 2.65. The first kappa shape index (κ1) is 15.6. The minimum absolute atomic E-state index is 0.581. The van der Waals surface area contributed by atoms with Gasteiger partial charge in [0.15, 0.2) is 11.5 Å². The third-order valence-corrected chi connectivity index (χ3v) is 3.45. The van der Waals surface area contributed by atoms with Gasteiger partial charge in [-0.3, -0.25) is 0 Å². The molecular weight excluding hydrogens is 278 g/mol. The van der Waals surface area contributed by atoms with Crippen LogP contribution in [0.3, 0.4) is 0 Å². The minimum atomic E-state index is 0.581. The van der Waals surface area contributed by atoms with Gasteiger partial charge in [-0.25, -0.2) is 4.98 Å². The number of nitrogens with zero attached hydrogens (tertiary/aromatic N) is 3. The molecule has 5 heteroatoms. The number of hydrogen-bond donors (Lipinski definition) is 0. The molecule has 0 aliphatic carbocycles. The topological polar surface area (TPSA) is 58.4 Å². The van der Waals surface area contributed by atoms with Gasteiger partial charge in [0.05, 0.1) is 19.8 Å². The van der Waals surface area contributed by atoms with Crippen LogP contribution in [0.1, 0.15) is 11.1 Å². The lowest BCUT2D eigenvalue weighted by molar-refractivity contribution is 0.354. The molecule has 1 aromatic carbocycles. The van der Waals surface area contributed by atoms with Crippen LogP contribution in [-0.2, 0) is 6.42 Å². The first-order valence-electron chi connectivity index (χ1n) is 6.96. The van der Waals surface area contributed by atoms with E-state index in [2.05, 4.69) is 11.1 Å². The molecule has 1 heterocycles. The average molecular weight is 297 g/mol. The van der Waals surface area contributed by atoms with Crippen molar-refractivity contribution in [1.29, 1.82) is 5.26 Å². The molecule has 0 unspecified atom stereocenters. The molecule has 0 atom stereocenters. The summed E-state index contributed by atoms with van der Waals surface area (Å²) in [5, 5.41) is 9.13. The quantitative estimate of drug-likeness (QED) is 0.820. The lowest BCUT2D eigenvalue weighted by Crippen LogP contribution is -2.22. The van der Waals surface area contributed by atoms with Crippen LogP contribution >= 0.6 is 0 Å². The molecule has 0 N–H and O–H groups in total.